The van der Waals surface area contributed by atoms with Gasteiger partial charge in [0.25, 0.3) is 0 Å². The lowest BCUT2D eigenvalue weighted by Crippen LogP contribution is -2.76. The summed E-state index contributed by atoms with van der Waals surface area (Å²) >= 11 is 0. The fourth-order valence-corrected chi connectivity index (χ4v) is 2.87. The van der Waals surface area contributed by atoms with E-state index in [-0.39, 0.29) is 18.6 Å². The molecule has 0 spiro atoms. The molecule has 4 N–H and O–H groups in total. The van der Waals surface area contributed by atoms with Gasteiger partial charge in [-0.25, -0.2) is 0 Å². The van der Waals surface area contributed by atoms with E-state index in [2.05, 4.69) is 0 Å². The van der Waals surface area contributed by atoms with Crippen molar-refractivity contribution in [2.75, 3.05) is 19.7 Å². The number of primary amides is 1. The molecule has 2 amide bonds. The zero-order valence-corrected chi connectivity index (χ0v) is 13.6. The second-order valence-electron chi connectivity index (χ2n) is 6.39. The molecule has 0 radical (unpaired) electrons. The number of hydrogen-bond donors (Lipinski definition) is 2. The summed E-state index contributed by atoms with van der Waals surface area (Å²) in [5.74, 6) is -0.711. The Kier molecular flexibility index (Phi) is 5.75. The van der Waals surface area contributed by atoms with E-state index in [9.17, 15) is 9.59 Å². The van der Waals surface area contributed by atoms with Crippen LogP contribution in [0.5, 0.6) is 0 Å². The number of amides is 2. The Morgan fingerprint density at radius 1 is 1.33 bits per heavy atom. The number of nitrogens with zero attached hydrogens (tertiary/aromatic N) is 1. The lowest BCUT2D eigenvalue weighted by atomic mass is 9.54. The lowest BCUT2D eigenvalue weighted by Gasteiger charge is -2.58. The van der Waals surface area contributed by atoms with Crippen LogP contribution in [0, 0.1) is 5.41 Å². The molecule has 1 aliphatic carbocycles. The number of hydrogen-bond acceptors (Lipinski definition) is 4. The summed E-state index contributed by atoms with van der Waals surface area (Å²) in [5.41, 5.74) is 10.2. The van der Waals surface area contributed by atoms with Crippen LogP contribution in [0.1, 0.15) is 47.0 Å². The third-order valence-electron chi connectivity index (χ3n) is 4.63. The summed E-state index contributed by atoms with van der Waals surface area (Å²) in [4.78, 5) is 25.5. The predicted molar refractivity (Wildman–Crippen MR) is 81.4 cm³/mol. The summed E-state index contributed by atoms with van der Waals surface area (Å²) in [6.45, 7) is 8.87. The first-order chi connectivity index (χ1) is 9.70. The molecular formula is C15H29N3O3. The van der Waals surface area contributed by atoms with Crippen molar-refractivity contribution in [2.45, 2.75) is 58.6 Å². The molecule has 1 rings (SSSR count). The second kappa shape index (κ2) is 6.75. The SMILES string of the molecule is CCCCN(CC(N)=O)C(=O)C1(N)CC(OCC)C1(C)C. The molecule has 1 aliphatic rings. The Balaban J connectivity index is 2.85. The Morgan fingerprint density at radius 2 is 1.95 bits per heavy atom. The van der Waals surface area contributed by atoms with Crippen LogP contribution in [0.3, 0.4) is 0 Å². The van der Waals surface area contributed by atoms with Gasteiger partial charge in [-0.15, -0.1) is 0 Å². The van der Waals surface area contributed by atoms with Gasteiger partial charge in [-0.05, 0) is 13.3 Å². The zero-order valence-electron chi connectivity index (χ0n) is 13.6. The van der Waals surface area contributed by atoms with Crippen LogP contribution in [0.2, 0.25) is 0 Å². The average molecular weight is 299 g/mol. The maximum absolute atomic E-state index is 12.8. The molecule has 1 saturated carbocycles. The van der Waals surface area contributed by atoms with Gasteiger partial charge in [-0.3, -0.25) is 9.59 Å². The van der Waals surface area contributed by atoms with E-state index in [1.807, 2.05) is 27.7 Å². The monoisotopic (exact) mass is 299 g/mol. The summed E-state index contributed by atoms with van der Waals surface area (Å²) in [7, 11) is 0. The van der Waals surface area contributed by atoms with Gasteiger partial charge in [0.2, 0.25) is 11.8 Å². The minimum Gasteiger partial charge on any atom is -0.378 e. The van der Waals surface area contributed by atoms with Crippen LogP contribution < -0.4 is 11.5 Å². The number of carbonyl (C=O) groups excluding carboxylic acids is 2. The highest BCUT2D eigenvalue weighted by Gasteiger charge is 2.63. The van der Waals surface area contributed by atoms with Crippen molar-refractivity contribution < 1.29 is 14.3 Å². The molecule has 6 heteroatoms. The topological polar surface area (TPSA) is 98.7 Å². The second-order valence-corrected chi connectivity index (χ2v) is 6.39. The van der Waals surface area contributed by atoms with Gasteiger partial charge in [0.15, 0.2) is 0 Å². The Labute approximate surface area is 127 Å². The molecule has 6 nitrogen and oxygen atoms in total. The van der Waals surface area contributed by atoms with Gasteiger partial charge in [-0.2, -0.15) is 0 Å². The molecule has 2 atom stereocenters. The third-order valence-corrected chi connectivity index (χ3v) is 4.63. The highest BCUT2D eigenvalue weighted by Crippen LogP contribution is 2.50. The van der Waals surface area contributed by atoms with Crippen molar-refractivity contribution in [3.63, 3.8) is 0 Å². The molecule has 1 fully saturated rings. The van der Waals surface area contributed by atoms with E-state index in [1.54, 1.807) is 0 Å². The van der Waals surface area contributed by atoms with Crippen LogP contribution in [0.15, 0.2) is 0 Å². The molecule has 0 heterocycles. The molecule has 0 aliphatic heterocycles. The highest BCUT2D eigenvalue weighted by molar-refractivity contribution is 5.91. The summed E-state index contributed by atoms with van der Waals surface area (Å²) < 4.78 is 5.64. The lowest BCUT2D eigenvalue weighted by molar-refractivity contribution is -0.179. The van der Waals surface area contributed by atoms with Crippen LogP contribution in [-0.4, -0.2) is 48.1 Å². The quantitative estimate of drug-likeness (QED) is 0.687. The van der Waals surface area contributed by atoms with Gasteiger partial charge in [-0.1, -0.05) is 27.2 Å². The van der Waals surface area contributed by atoms with E-state index in [0.29, 0.717) is 19.6 Å². The van der Waals surface area contributed by atoms with Gasteiger partial charge >= 0.3 is 0 Å². The molecule has 0 bridgehead atoms. The van der Waals surface area contributed by atoms with Gasteiger partial charge in [0.1, 0.15) is 5.54 Å². The minimum absolute atomic E-state index is 0.0296. The molecule has 0 aromatic rings. The molecule has 21 heavy (non-hydrogen) atoms. The number of carbonyl (C=O) groups is 2. The molecule has 0 aromatic carbocycles. The van der Waals surface area contributed by atoms with Crippen LogP contribution in [0.4, 0.5) is 0 Å². The van der Waals surface area contributed by atoms with Crippen molar-refractivity contribution in [2.24, 2.45) is 16.9 Å². The predicted octanol–water partition coefficient (Wildman–Crippen LogP) is 0.633. The fraction of sp³-hybridized carbons (Fsp3) is 0.867. The third kappa shape index (κ3) is 3.37. The van der Waals surface area contributed by atoms with Gasteiger partial charge in [0, 0.05) is 25.0 Å². The first-order valence-corrected chi connectivity index (χ1v) is 7.68. The normalized spacial score (nSPS) is 27.0. The molecular weight excluding hydrogens is 270 g/mol. The number of unbranched alkanes of at least 4 members (excludes halogenated alkanes) is 1. The van der Waals surface area contributed by atoms with Crippen LogP contribution in [-0.2, 0) is 14.3 Å². The minimum atomic E-state index is -0.990. The largest absolute Gasteiger partial charge is 0.378 e. The Morgan fingerprint density at radius 3 is 2.38 bits per heavy atom. The van der Waals surface area contributed by atoms with Crippen LogP contribution >= 0.6 is 0 Å². The van der Waals surface area contributed by atoms with Crippen molar-refractivity contribution in [1.29, 1.82) is 0 Å². The summed E-state index contributed by atoms with van der Waals surface area (Å²) in [5, 5.41) is 0. The van der Waals surface area contributed by atoms with Crippen LogP contribution in [0.25, 0.3) is 0 Å². The first-order valence-electron chi connectivity index (χ1n) is 7.68. The maximum atomic E-state index is 12.8. The number of nitrogens with two attached hydrogens (primary N) is 2. The molecule has 0 aromatic heterocycles. The Hall–Kier alpha value is -1.14. The smallest absolute Gasteiger partial charge is 0.243 e. The summed E-state index contributed by atoms with van der Waals surface area (Å²) in [6, 6.07) is 0. The van der Waals surface area contributed by atoms with Crippen molar-refractivity contribution in [1.82, 2.24) is 4.90 Å². The van der Waals surface area contributed by atoms with E-state index in [4.69, 9.17) is 16.2 Å². The van der Waals surface area contributed by atoms with Crippen molar-refractivity contribution >= 4 is 11.8 Å². The number of ether oxygens (including phenoxy) is 1. The maximum Gasteiger partial charge on any atom is 0.243 e. The zero-order chi connectivity index (χ0) is 16.3. The highest BCUT2D eigenvalue weighted by atomic mass is 16.5. The van der Waals surface area contributed by atoms with E-state index in [1.165, 1.54) is 4.90 Å². The van der Waals surface area contributed by atoms with Gasteiger partial charge < -0.3 is 21.1 Å². The fourth-order valence-electron chi connectivity index (χ4n) is 2.87. The number of rotatable bonds is 8. The standard InChI is InChI=1S/C15H29N3O3/c1-5-7-8-18(10-12(16)19)13(20)15(17)9-11(21-6-2)14(15,3)4/h11H,5-10,17H2,1-4H3,(H2,16,19). The van der Waals surface area contributed by atoms with Gasteiger partial charge in [0.05, 0.1) is 12.6 Å². The molecule has 122 valence electrons. The van der Waals surface area contributed by atoms with Crippen molar-refractivity contribution in [3.05, 3.63) is 0 Å². The van der Waals surface area contributed by atoms with Crippen molar-refractivity contribution in [3.8, 4) is 0 Å². The summed E-state index contributed by atoms with van der Waals surface area (Å²) in [6.07, 6.45) is 2.21. The Bertz CT molecular complexity index is 398. The average Bonchev–Trinajstić information content (AvgIpc) is 2.41. The van der Waals surface area contributed by atoms with E-state index >= 15 is 0 Å². The molecule has 0 saturated heterocycles. The van der Waals surface area contributed by atoms with E-state index < -0.39 is 16.9 Å². The first kappa shape index (κ1) is 17.9. The van der Waals surface area contributed by atoms with E-state index in [0.717, 1.165) is 12.8 Å². The molecule has 2 unspecified atom stereocenters.